The molecule has 0 spiro atoms. The molecule has 3 aromatic rings. The van der Waals surface area contributed by atoms with Gasteiger partial charge in [0.15, 0.2) is 0 Å². The first-order chi connectivity index (χ1) is 17.7. The smallest absolute Gasteiger partial charge is 0.277 e. The van der Waals surface area contributed by atoms with Crippen LogP contribution in [-0.2, 0) is 0 Å². The van der Waals surface area contributed by atoms with Crippen LogP contribution in [0.4, 0.5) is 11.4 Å². The maximum atomic E-state index is 13.1. The van der Waals surface area contributed by atoms with Crippen molar-refractivity contribution in [2.24, 2.45) is 0 Å². The molecule has 0 radical (unpaired) electrons. The molecule has 2 aliphatic rings. The van der Waals surface area contributed by atoms with E-state index in [0.717, 1.165) is 23.6 Å². The number of non-ortho nitro benzene ring substituents is 2. The van der Waals surface area contributed by atoms with Crippen molar-refractivity contribution in [2.45, 2.75) is 0 Å². The molecule has 0 N–H and O–H groups in total. The highest BCUT2D eigenvalue weighted by Crippen LogP contribution is 2.30. The van der Waals surface area contributed by atoms with Gasteiger partial charge in [-0.05, 0) is 17.5 Å². The van der Waals surface area contributed by atoms with E-state index in [4.69, 9.17) is 0 Å². The molecule has 0 saturated carbocycles. The Morgan fingerprint density at radius 3 is 1.84 bits per heavy atom. The fourth-order valence-electron chi connectivity index (χ4n) is 4.81. The number of nitro benzene ring substituents is 2. The van der Waals surface area contributed by atoms with Gasteiger partial charge in [-0.25, -0.2) is 0 Å². The summed E-state index contributed by atoms with van der Waals surface area (Å²) in [5, 5.41) is 23.8. The number of benzene rings is 3. The minimum absolute atomic E-state index is 0.119. The van der Waals surface area contributed by atoms with Crippen molar-refractivity contribution in [2.75, 3.05) is 39.3 Å². The van der Waals surface area contributed by atoms with Crippen molar-refractivity contribution in [1.82, 2.24) is 14.7 Å². The highest BCUT2D eigenvalue weighted by atomic mass is 16.6. The molecule has 0 aliphatic carbocycles. The first kappa shape index (κ1) is 24.0. The second kappa shape index (κ2) is 9.39. The summed E-state index contributed by atoms with van der Waals surface area (Å²) in [4.78, 5) is 64.5. The van der Waals surface area contributed by atoms with Crippen LogP contribution >= 0.6 is 0 Å². The third kappa shape index (κ3) is 4.38. The largest absolute Gasteiger partial charge is 0.336 e. The lowest BCUT2D eigenvalue weighted by atomic mass is 9.94. The minimum Gasteiger partial charge on any atom is -0.336 e. The molecule has 0 atom stereocenters. The molecule has 3 amide bonds. The van der Waals surface area contributed by atoms with Crippen LogP contribution in [0.3, 0.4) is 0 Å². The van der Waals surface area contributed by atoms with Gasteiger partial charge in [0.05, 0.1) is 21.5 Å². The maximum Gasteiger partial charge on any atom is 0.277 e. The molecule has 12 nitrogen and oxygen atoms in total. The summed E-state index contributed by atoms with van der Waals surface area (Å²) in [6.07, 6.45) is 0. The van der Waals surface area contributed by atoms with Gasteiger partial charge in [0.25, 0.3) is 29.1 Å². The summed E-state index contributed by atoms with van der Waals surface area (Å²) >= 11 is 0. The molecule has 2 aliphatic heterocycles. The number of nitrogens with zero attached hydrogens (tertiary/aromatic N) is 5. The number of amides is 3. The van der Waals surface area contributed by atoms with Gasteiger partial charge < -0.3 is 4.90 Å². The van der Waals surface area contributed by atoms with Crippen LogP contribution < -0.4 is 0 Å². The van der Waals surface area contributed by atoms with Gasteiger partial charge >= 0.3 is 0 Å². The van der Waals surface area contributed by atoms with Crippen LogP contribution in [0, 0.1) is 20.2 Å². The number of carbonyl (C=O) groups excluding carboxylic acids is 3. The van der Waals surface area contributed by atoms with Gasteiger partial charge in [0, 0.05) is 67.9 Å². The molecule has 5 rings (SSSR count). The molecule has 12 heteroatoms. The van der Waals surface area contributed by atoms with Gasteiger partial charge in [0.2, 0.25) is 0 Å². The lowest BCUT2D eigenvalue weighted by Gasteiger charge is -2.36. The Bertz CT molecular complexity index is 1400. The molecule has 1 fully saturated rings. The van der Waals surface area contributed by atoms with Crippen LogP contribution in [0.2, 0.25) is 0 Å². The second-order valence-electron chi connectivity index (χ2n) is 8.86. The maximum absolute atomic E-state index is 13.1. The first-order valence-corrected chi connectivity index (χ1v) is 11.6. The fraction of sp³-hybridized carbons (Fsp3) is 0.240. The van der Waals surface area contributed by atoms with Crippen LogP contribution in [0.5, 0.6) is 0 Å². The summed E-state index contributed by atoms with van der Waals surface area (Å²) in [7, 11) is 0. The van der Waals surface area contributed by atoms with Gasteiger partial charge in [-0.1, -0.05) is 24.3 Å². The second-order valence-corrected chi connectivity index (χ2v) is 8.86. The molecule has 0 aromatic heterocycles. The summed E-state index contributed by atoms with van der Waals surface area (Å²) in [5.41, 5.74) is -0.177. The Hall–Kier alpha value is -4.71. The standard InChI is InChI=1S/C25H21N5O7/c31-23(17-13-18(29(34)35)15-19(14-17)30(36)37)27-10-7-26(8-11-27)9-12-28-24(32)20-5-1-3-16-4-2-6-21(22(16)20)25(28)33/h1-6,13-15H,7-12H2. The number of imide groups is 1. The zero-order chi connectivity index (χ0) is 26.3. The lowest BCUT2D eigenvalue weighted by Crippen LogP contribution is -2.51. The van der Waals surface area contributed by atoms with Crippen molar-refractivity contribution < 1.29 is 24.2 Å². The van der Waals surface area contributed by atoms with E-state index < -0.39 is 27.1 Å². The topological polar surface area (TPSA) is 147 Å². The van der Waals surface area contributed by atoms with Crippen molar-refractivity contribution in [3.63, 3.8) is 0 Å². The minimum atomic E-state index is -0.774. The van der Waals surface area contributed by atoms with Crippen LogP contribution in [0.15, 0.2) is 54.6 Å². The summed E-state index contributed by atoms with van der Waals surface area (Å²) in [5.74, 6) is -1.21. The third-order valence-corrected chi connectivity index (χ3v) is 6.73. The zero-order valence-electron chi connectivity index (χ0n) is 19.5. The predicted molar refractivity (Wildman–Crippen MR) is 131 cm³/mol. The molecule has 0 unspecified atom stereocenters. The Morgan fingerprint density at radius 2 is 1.32 bits per heavy atom. The van der Waals surface area contributed by atoms with Crippen molar-refractivity contribution in [3.8, 4) is 0 Å². The van der Waals surface area contributed by atoms with E-state index in [9.17, 15) is 34.6 Å². The molecular weight excluding hydrogens is 482 g/mol. The van der Waals surface area contributed by atoms with Crippen molar-refractivity contribution >= 4 is 39.9 Å². The molecule has 1 saturated heterocycles. The van der Waals surface area contributed by atoms with E-state index in [0.29, 0.717) is 49.2 Å². The van der Waals surface area contributed by atoms with Crippen molar-refractivity contribution in [1.29, 1.82) is 0 Å². The number of hydrogen-bond acceptors (Lipinski definition) is 8. The Labute approximate surface area is 210 Å². The highest BCUT2D eigenvalue weighted by Gasteiger charge is 2.33. The predicted octanol–water partition coefficient (Wildman–Crippen LogP) is 2.71. The third-order valence-electron chi connectivity index (χ3n) is 6.73. The number of rotatable bonds is 6. The molecule has 0 bridgehead atoms. The average Bonchev–Trinajstić information content (AvgIpc) is 2.91. The van der Waals surface area contributed by atoms with Crippen molar-refractivity contribution in [3.05, 3.63) is 91.5 Å². The van der Waals surface area contributed by atoms with Gasteiger partial charge in [-0.3, -0.25) is 44.4 Å². The fourth-order valence-corrected chi connectivity index (χ4v) is 4.81. The molecule has 2 heterocycles. The number of hydrogen-bond donors (Lipinski definition) is 0. The lowest BCUT2D eigenvalue weighted by molar-refractivity contribution is -0.394. The number of carbonyl (C=O) groups is 3. The zero-order valence-corrected chi connectivity index (χ0v) is 19.5. The Morgan fingerprint density at radius 1 is 0.784 bits per heavy atom. The quantitative estimate of drug-likeness (QED) is 0.283. The van der Waals surface area contributed by atoms with Crippen LogP contribution in [0.1, 0.15) is 31.1 Å². The number of piperazine rings is 1. The number of nitro groups is 2. The monoisotopic (exact) mass is 503 g/mol. The van der Waals surface area contributed by atoms with Gasteiger partial charge in [0.1, 0.15) is 0 Å². The summed E-state index contributed by atoms with van der Waals surface area (Å²) < 4.78 is 0. The molecular formula is C25H21N5O7. The Balaban J connectivity index is 1.23. The normalized spacial score (nSPS) is 15.8. The van der Waals surface area contributed by atoms with Crippen LogP contribution in [-0.4, -0.2) is 81.5 Å². The highest BCUT2D eigenvalue weighted by molar-refractivity contribution is 6.25. The van der Waals surface area contributed by atoms with E-state index in [1.165, 1.54) is 9.80 Å². The van der Waals surface area contributed by atoms with E-state index >= 15 is 0 Å². The van der Waals surface area contributed by atoms with Gasteiger partial charge in [-0.15, -0.1) is 0 Å². The van der Waals surface area contributed by atoms with E-state index in [1.54, 1.807) is 24.3 Å². The SMILES string of the molecule is O=C(c1cc([N+](=O)[O-])cc([N+](=O)[O-])c1)N1CCN(CCN2C(=O)c3cccc4cccc(c34)C2=O)CC1. The van der Waals surface area contributed by atoms with E-state index in [1.807, 2.05) is 17.0 Å². The average molecular weight is 503 g/mol. The molecule has 37 heavy (non-hydrogen) atoms. The van der Waals surface area contributed by atoms with Crippen LogP contribution in [0.25, 0.3) is 10.8 Å². The van der Waals surface area contributed by atoms with Gasteiger partial charge in [-0.2, -0.15) is 0 Å². The van der Waals surface area contributed by atoms with E-state index in [2.05, 4.69) is 0 Å². The van der Waals surface area contributed by atoms with E-state index in [-0.39, 0.29) is 23.9 Å². The molecule has 3 aromatic carbocycles. The summed E-state index contributed by atoms with van der Waals surface area (Å²) in [6.45, 7) is 2.09. The first-order valence-electron chi connectivity index (χ1n) is 11.6. The Kier molecular flexibility index (Phi) is 6.09. The molecule has 188 valence electrons. The summed E-state index contributed by atoms with van der Waals surface area (Å²) in [6, 6.07) is 13.6.